The number of rotatable bonds is 10. The van der Waals surface area contributed by atoms with Crippen LogP contribution in [0.4, 0.5) is 5.82 Å². The Hall–Kier alpha value is -2.50. The first-order chi connectivity index (χ1) is 14.0. The van der Waals surface area contributed by atoms with E-state index in [9.17, 15) is 21.6 Å². The highest BCUT2D eigenvalue weighted by Gasteiger charge is 2.23. The van der Waals surface area contributed by atoms with Gasteiger partial charge in [-0.3, -0.25) is 4.79 Å². The van der Waals surface area contributed by atoms with E-state index in [1.807, 2.05) is 0 Å². The van der Waals surface area contributed by atoms with Gasteiger partial charge in [-0.15, -0.1) is 0 Å². The van der Waals surface area contributed by atoms with Crippen LogP contribution in [0.1, 0.15) is 12.6 Å². The monoisotopic (exact) mass is 455 g/mol. The number of ether oxygens (including phenoxy) is 1. The number of aryl methyl sites for hydroxylation is 1. The molecule has 0 unspecified atom stereocenters. The van der Waals surface area contributed by atoms with Crippen molar-refractivity contribution in [3.63, 3.8) is 0 Å². The van der Waals surface area contributed by atoms with Gasteiger partial charge >= 0.3 is 0 Å². The van der Waals surface area contributed by atoms with Crippen molar-refractivity contribution in [2.45, 2.75) is 18.7 Å². The number of hydrogen-bond donors (Lipinski definition) is 1. The molecule has 11 heteroatoms. The van der Waals surface area contributed by atoms with E-state index in [4.69, 9.17) is 4.74 Å². The fraction of sp³-hybridized carbons (Fsp3) is 0.368. The number of aromatic nitrogens is 1. The van der Waals surface area contributed by atoms with Gasteiger partial charge in [-0.1, -0.05) is 13.0 Å². The maximum absolute atomic E-state index is 12.7. The molecule has 0 saturated heterocycles. The highest BCUT2D eigenvalue weighted by atomic mass is 32.2. The molecule has 0 saturated carbocycles. The summed E-state index contributed by atoms with van der Waals surface area (Å²) in [5.41, 5.74) is 0.725. The van der Waals surface area contributed by atoms with Gasteiger partial charge in [-0.25, -0.2) is 21.8 Å². The number of carbonyl (C=O) groups excluding carboxylic acids is 1. The minimum absolute atomic E-state index is 0.0139. The molecule has 164 valence electrons. The van der Waals surface area contributed by atoms with Gasteiger partial charge in [-0.05, 0) is 43.3 Å². The predicted octanol–water partition coefficient (Wildman–Crippen LogP) is 1.46. The van der Waals surface area contributed by atoms with Gasteiger partial charge in [0.25, 0.3) is 0 Å². The predicted molar refractivity (Wildman–Crippen MR) is 114 cm³/mol. The molecule has 0 fully saturated rings. The molecule has 0 atom stereocenters. The SMILES string of the molecule is CCS(=O)(=O)CCOc1ccc(S(=O)(=O)N(C)CC(=O)Nc2cccc(C)n2)cc1. The second-order valence-corrected chi connectivity index (χ2v) is 11.0. The second-order valence-electron chi connectivity index (χ2n) is 6.53. The van der Waals surface area contributed by atoms with Crippen molar-refractivity contribution >= 4 is 31.6 Å². The van der Waals surface area contributed by atoms with Crippen LogP contribution < -0.4 is 10.1 Å². The van der Waals surface area contributed by atoms with Gasteiger partial charge < -0.3 is 10.1 Å². The van der Waals surface area contributed by atoms with Crippen molar-refractivity contribution in [3.05, 3.63) is 48.2 Å². The fourth-order valence-electron chi connectivity index (χ4n) is 2.40. The lowest BCUT2D eigenvalue weighted by Gasteiger charge is -2.17. The second kappa shape index (κ2) is 10.0. The van der Waals surface area contributed by atoms with Gasteiger partial charge in [0.1, 0.15) is 18.2 Å². The summed E-state index contributed by atoms with van der Waals surface area (Å²) in [4.78, 5) is 16.3. The highest BCUT2D eigenvalue weighted by molar-refractivity contribution is 7.91. The van der Waals surface area contributed by atoms with Crippen molar-refractivity contribution in [1.29, 1.82) is 0 Å². The first-order valence-electron chi connectivity index (χ1n) is 9.16. The lowest BCUT2D eigenvalue weighted by molar-refractivity contribution is -0.116. The molecule has 2 aromatic rings. The van der Waals surface area contributed by atoms with Crippen LogP contribution in [0.25, 0.3) is 0 Å². The van der Waals surface area contributed by atoms with Crippen LogP contribution in [-0.2, 0) is 24.7 Å². The van der Waals surface area contributed by atoms with E-state index >= 15 is 0 Å². The van der Waals surface area contributed by atoms with Crippen LogP contribution in [-0.4, -0.2) is 63.7 Å². The Labute approximate surface area is 177 Å². The van der Waals surface area contributed by atoms with E-state index < -0.39 is 25.8 Å². The molecular formula is C19H25N3O6S2. The number of sulfone groups is 1. The van der Waals surface area contributed by atoms with Crippen LogP contribution in [0.5, 0.6) is 5.75 Å². The smallest absolute Gasteiger partial charge is 0.243 e. The van der Waals surface area contributed by atoms with E-state index in [0.29, 0.717) is 11.6 Å². The summed E-state index contributed by atoms with van der Waals surface area (Å²) in [5.74, 6) is 0.102. The number of amides is 1. The van der Waals surface area contributed by atoms with Crippen LogP contribution >= 0.6 is 0 Å². The van der Waals surface area contributed by atoms with Gasteiger partial charge in [0.15, 0.2) is 9.84 Å². The quantitative estimate of drug-likeness (QED) is 0.575. The van der Waals surface area contributed by atoms with Crippen molar-refractivity contribution < 1.29 is 26.4 Å². The van der Waals surface area contributed by atoms with Gasteiger partial charge in [0.2, 0.25) is 15.9 Å². The van der Waals surface area contributed by atoms with Gasteiger partial charge in [-0.2, -0.15) is 4.31 Å². The molecule has 0 aliphatic heterocycles. The molecule has 1 amide bonds. The number of likely N-dealkylation sites (N-methyl/N-ethyl adjacent to an activating group) is 1. The maximum Gasteiger partial charge on any atom is 0.243 e. The zero-order chi connectivity index (χ0) is 22.4. The molecule has 1 aromatic carbocycles. The Balaban J connectivity index is 1.97. The van der Waals surface area contributed by atoms with Crippen LogP contribution in [0, 0.1) is 6.92 Å². The number of carbonyl (C=O) groups is 1. The minimum Gasteiger partial charge on any atom is -0.493 e. The van der Waals surface area contributed by atoms with Crippen molar-refractivity contribution in [3.8, 4) is 5.75 Å². The lowest BCUT2D eigenvalue weighted by atomic mass is 10.3. The van der Waals surface area contributed by atoms with E-state index in [2.05, 4.69) is 10.3 Å². The largest absolute Gasteiger partial charge is 0.493 e. The highest BCUT2D eigenvalue weighted by Crippen LogP contribution is 2.19. The summed E-state index contributed by atoms with van der Waals surface area (Å²) < 4.78 is 54.6. The third-order valence-corrected chi connectivity index (χ3v) is 7.64. The van der Waals surface area contributed by atoms with Crippen molar-refractivity contribution in [2.75, 3.05) is 37.0 Å². The Morgan fingerprint density at radius 1 is 1.10 bits per heavy atom. The summed E-state index contributed by atoms with van der Waals surface area (Å²) in [6.45, 7) is 2.94. The van der Waals surface area contributed by atoms with Crippen LogP contribution in [0.15, 0.2) is 47.4 Å². The summed E-state index contributed by atoms with van der Waals surface area (Å²) in [6.07, 6.45) is 0. The van der Waals surface area contributed by atoms with Gasteiger partial charge in [0, 0.05) is 18.5 Å². The third-order valence-electron chi connectivity index (χ3n) is 4.16. The topological polar surface area (TPSA) is 123 Å². The van der Waals surface area contributed by atoms with Crippen molar-refractivity contribution in [2.24, 2.45) is 0 Å². The summed E-state index contributed by atoms with van der Waals surface area (Å²) >= 11 is 0. The molecule has 1 aromatic heterocycles. The number of pyridine rings is 1. The Morgan fingerprint density at radius 3 is 2.37 bits per heavy atom. The molecule has 9 nitrogen and oxygen atoms in total. The van der Waals surface area contributed by atoms with Crippen molar-refractivity contribution in [1.82, 2.24) is 9.29 Å². The molecule has 1 heterocycles. The zero-order valence-corrected chi connectivity index (χ0v) is 18.7. The maximum atomic E-state index is 12.7. The van der Waals surface area contributed by atoms with E-state index in [-0.39, 0.29) is 29.6 Å². The Bertz CT molecular complexity index is 1080. The van der Waals surface area contributed by atoms with Crippen LogP contribution in [0.2, 0.25) is 0 Å². The number of nitrogens with one attached hydrogen (secondary N) is 1. The number of hydrogen-bond acceptors (Lipinski definition) is 7. The average Bonchev–Trinajstić information content (AvgIpc) is 2.68. The lowest BCUT2D eigenvalue weighted by Crippen LogP contribution is -2.35. The molecule has 0 aliphatic rings. The van der Waals surface area contributed by atoms with E-state index in [1.54, 1.807) is 32.0 Å². The normalized spacial score (nSPS) is 12.0. The first-order valence-corrected chi connectivity index (χ1v) is 12.4. The van der Waals surface area contributed by atoms with E-state index in [0.717, 1.165) is 10.00 Å². The first kappa shape index (κ1) is 23.8. The fourth-order valence-corrected chi connectivity index (χ4v) is 4.15. The molecule has 2 rings (SSSR count). The molecular weight excluding hydrogens is 430 g/mol. The molecule has 0 bridgehead atoms. The Morgan fingerprint density at radius 2 is 1.77 bits per heavy atom. The number of sulfonamides is 1. The standard InChI is InChI=1S/C19H25N3O6S2/c1-4-29(24,25)13-12-28-16-8-10-17(11-9-16)30(26,27)22(3)14-19(23)21-18-7-5-6-15(2)20-18/h5-11H,4,12-14H2,1-3H3,(H,20,21,23). The summed E-state index contributed by atoms with van der Waals surface area (Å²) in [6, 6.07) is 10.7. The average molecular weight is 456 g/mol. The molecule has 0 aliphatic carbocycles. The number of benzene rings is 1. The third kappa shape index (κ3) is 6.78. The molecule has 30 heavy (non-hydrogen) atoms. The zero-order valence-electron chi connectivity index (χ0n) is 17.0. The summed E-state index contributed by atoms with van der Waals surface area (Å²) in [5, 5.41) is 2.56. The number of nitrogens with zero attached hydrogens (tertiary/aromatic N) is 2. The van der Waals surface area contributed by atoms with Gasteiger partial charge in [0.05, 0.1) is 17.2 Å². The Kier molecular flexibility index (Phi) is 7.93. The van der Waals surface area contributed by atoms with E-state index in [1.165, 1.54) is 31.3 Å². The molecule has 0 radical (unpaired) electrons. The number of anilines is 1. The molecule has 0 spiro atoms. The summed E-state index contributed by atoms with van der Waals surface area (Å²) in [7, 11) is -5.73. The molecule has 1 N–H and O–H groups in total. The van der Waals surface area contributed by atoms with Crippen LogP contribution in [0.3, 0.4) is 0 Å². The minimum atomic E-state index is -3.90.